The van der Waals surface area contributed by atoms with Crippen LogP contribution in [0.2, 0.25) is 0 Å². The quantitative estimate of drug-likeness (QED) is 0.317. The molecule has 1 saturated carbocycles. The van der Waals surface area contributed by atoms with Gasteiger partial charge in [-0.05, 0) is 5.92 Å². The van der Waals surface area contributed by atoms with Gasteiger partial charge in [0, 0.05) is 0 Å². The minimum absolute atomic E-state index is 0. The van der Waals surface area contributed by atoms with Gasteiger partial charge in [0.25, 0.3) is 0 Å². The minimum Gasteiger partial charge on any atom is -0.318 e. The van der Waals surface area contributed by atoms with Gasteiger partial charge in [-0.3, -0.25) is 0 Å². The molecule has 0 aromatic rings. The first kappa shape index (κ1) is 9.17. The number of rotatable bonds is 0. The van der Waals surface area contributed by atoms with E-state index in [4.69, 9.17) is 0 Å². The maximum atomic E-state index is 2.46. The molecule has 0 aromatic carbocycles. The van der Waals surface area contributed by atoms with Gasteiger partial charge in [0.2, 0.25) is 0 Å². The molecular formula is C10H13Li. The van der Waals surface area contributed by atoms with Gasteiger partial charge in [-0.25, -0.2) is 0 Å². The van der Waals surface area contributed by atoms with Crippen LogP contribution in [0, 0.1) is 24.2 Å². The Morgan fingerprint density at radius 1 is 1.27 bits per heavy atom. The van der Waals surface area contributed by atoms with Gasteiger partial charge in [-0.1, -0.05) is 31.6 Å². The number of fused-ring (bicyclic) bond motifs is 1. The van der Waals surface area contributed by atoms with Crippen molar-refractivity contribution in [1.29, 1.82) is 0 Å². The van der Waals surface area contributed by atoms with Gasteiger partial charge < -0.3 is 6.42 Å². The zero-order valence-corrected chi connectivity index (χ0v) is 7.33. The summed E-state index contributed by atoms with van der Waals surface area (Å²) < 4.78 is 0. The molecule has 1 fully saturated rings. The standard InChI is InChI=1S/C10H13.Li/c1-8-6-9-4-2-3-5-10(9)7-8;/h2-6,8-10H,7H2,1H3;/q-1;+1. The van der Waals surface area contributed by atoms with Crippen molar-refractivity contribution in [3.8, 4) is 0 Å². The molecule has 3 atom stereocenters. The summed E-state index contributed by atoms with van der Waals surface area (Å²) in [5, 5.41) is 0. The van der Waals surface area contributed by atoms with E-state index in [1.807, 2.05) is 0 Å². The number of hydrogen-bond donors (Lipinski definition) is 0. The average molecular weight is 140 g/mol. The molecule has 0 saturated heterocycles. The van der Waals surface area contributed by atoms with E-state index in [1.54, 1.807) is 0 Å². The van der Waals surface area contributed by atoms with Crippen molar-refractivity contribution < 1.29 is 18.9 Å². The Morgan fingerprint density at radius 2 is 2.00 bits per heavy atom. The monoisotopic (exact) mass is 140 g/mol. The fraction of sp³-hybridized carbons (Fsp3) is 0.500. The van der Waals surface area contributed by atoms with Crippen molar-refractivity contribution in [1.82, 2.24) is 0 Å². The minimum atomic E-state index is 0. The molecule has 2 aliphatic rings. The summed E-state index contributed by atoms with van der Waals surface area (Å²) >= 11 is 0. The topological polar surface area (TPSA) is 0 Å². The first-order chi connectivity index (χ1) is 4.86. The smallest absolute Gasteiger partial charge is 0.318 e. The zero-order chi connectivity index (χ0) is 6.97. The van der Waals surface area contributed by atoms with E-state index < -0.39 is 0 Å². The van der Waals surface area contributed by atoms with Gasteiger partial charge in [0.05, 0.1) is 0 Å². The van der Waals surface area contributed by atoms with Gasteiger partial charge in [-0.15, -0.1) is 12.0 Å². The largest absolute Gasteiger partial charge is 1.00 e. The second-order valence-electron chi connectivity index (χ2n) is 3.42. The van der Waals surface area contributed by atoms with Crippen LogP contribution < -0.4 is 18.9 Å². The van der Waals surface area contributed by atoms with Crippen LogP contribution in [0.25, 0.3) is 0 Å². The molecule has 11 heavy (non-hydrogen) atoms. The fourth-order valence-corrected chi connectivity index (χ4v) is 2.00. The SMILES string of the molecule is CC1[CH-]C2C=CC=CC2C1.[Li+]. The van der Waals surface area contributed by atoms with E-state index in [0.717, 1.165) is 17.8 Å². The third-order valence-electron chi connectivity index (χ3n) is 2.49. The predicted octanol–water partition coefficient (Wildman–Crippen LogP) is -0.407. The van der Waals surface area contributed by atoms with Crippen LogP contribution in [-0.2, 0) is 0 Å². The number of allylic oxidation sites excluding steroid dienone is 4. The number of hydrogen-bond acceptors (Lipinski definition) is 0. The Kier molecular flexibility index (Phi) is 3.04. The van der Waals surface area contributed by atoms with E-state index >= 15 is 0 Å². The fourth-order valence-electron chi connectivity index (χ4n) is 2.00. The first-order valence-corrected chi connectivity index (χ1v) is 4.06. The van der Waals surface area contributed by atoms with Gasteiger partial charge in [0.1, 0.15) is 0 Å². The van der Waals surface area contributed by atoms with Crippen LogP contribution >= 0.6 is 0 Å². The summed E-state index contributed by atoms with van der Waals surface area (Å²) in [6, 6.07) is 0. The van der Waals surface area contributed by atoms with Gasteiger partial charge >= 0.3 is 18.9 Å². The van der Waals surface area contributed by atoms with E-state index in [0.29, 0.717) is 0 Å². The summed E-state index contributed by atoms with van der Waals surface area (Å²) in [5.74, 6) is 2.39. The van der Waals surface area contributed by atoms with Crippen LogP contribution in [0.1, 0.15) is 13.3 Å². The second-order valence-corrected chi connectivity index (χ2v) is 3.42. The molecule has 0 amide bonds. The van der Waals surface area contributed by atoms with E-state index in [1.165, 1.54) is 6.42 Å². The molecule has 0 radical (unpaired) electrons. The molecule has 0 aromatic heterocycles. The van der Waals surface area contributed by atoms with Crippen molar-refractivity contribution in [2.45, 2.75) is 13.3 Å². The van der Waals surface area contributed by atoms with Gasteiger partial charge in [-0.2, -0.15) is 5.92 Å². The molecule has 2 aliphatic carbocycles. The normalized spacial score (nSPS) is 39.9. The molecule has 0 spiro atoms. The Balaban J connectivity index is 0.000000605. The average Bonchev–Trinajstić information content (AvgIpc) is 2.27. The molecule has 54 valence electrons. The maximum Gasteiger partial charge on any atom is 1.00 e. The van der Waals surface area contributed by atoms with Crippen LogP contribution in [0.4, 0.5) is 0 Å². The predicted molar refractivity (Wildman–Crippen MR) is 43.3 cm³/mol. The molecule has 0 bridgehead atoms. The van der Waals surface area contributed by atoms with Crippen molar-refractivity contribution in [2.24, 2.45) is 17.8 Å². The first-order valence-electron chi connectivity index (χ1n) is 4.06. The molecule has 2 rings (SSSR count). The molecule has 0 aliphatic heterocycles. The van der Waals surface area contributed by atoms with Crippen LogP contribution in [0.5, 0.6) is 0 Å². The molecule has 0 N–H and O–H groups in total. The van der Waals surface area contributed by atoms with Crippen LogP contribution in [0.3, 0.4) is 0 Å². The third-order valence-corrected chi connectivity index (χ3v) is 2.49. The summed E-state index contributed by atoms with van der Waals surface area (Å²) in [7, 11) is 0. The summed E-state index contributed by atoms with van der Waals surface area (Å²) in [6.45, 7) is 2.31. The molecule has 1 heteroatoms. The Morgan fingerprint density at radius 3 is 2.73 bits per heavy atom. The summed E-state index contributed by atoms with van der Waals surface area (Å²) in [6.07, 6.45) is 12.8. The Bertz CT molecular complexity index is 161. The van der Waals surface area contributed by atoms with E-state index in [9.17, 15) is 0 Å². The summed E-state index contributed by atoms with van der Waals surface area (Å²) in [4.78, 5) is 0. The van der Waals surface area contributed by atoms with Crippen molar-refractivity contribution in [3.05, 3.63) is 30.7 Å². The van der Waals surface area contributed by atoms with Crippen molar-refractivity contribution >= 4 is 0 Å². The Labute approximate surface area is 80.9 Å². The van der Waals surface area contributed by atoms with Crippen LogP contribution in [-0.4, -0.2) is 0 Å². The molecule has 0 nitrogen and oxygen atoms in total. The van der Waals surface area contributed by atoms with E-state index in [-0.39, 0.29) is 18.9 Å². The summed E-state index contributed by atoms with van der Waals surface area (Å²) in [5.41, 5.74) is 0. The third kappa shape index (κ3) is 1.81. The zero-order valence-electron chi connectivity index (χ0n) is 7.33. The molecule has 3 unspecified atom stereocenters. The molecule has 0 heterocycles. The Hall–Kier alpha value is 0.0774. The van der Waals surface area contributed by atoms with Crippen molar-refractivity contribution in [3.63, 3.8) is 0 Å². The van der Waals surface area contributed by atoms with E-state index in [2.05, 4.69) is 37.6 Å². The maximum absolute atomic E-state index is 2.46. The van der Waals surface area contributed by atoms with Crippen molar-refractivity contribution in [2.75, 3.05) is 0 Å². The second kappa shape index (κ2) is 3.65. The van der Waals surface area contributed by atoms with Crippen LogP contribution in [0.15, 0.2) is 24.3 Å². The van der Waals surface area contributed by atoms with Gasteiger partial charge in [0.15, 0.2) is 0 Å². The molecular weight excluding hydrogens is 127 g/mol.